The third kappa shape index (κ3) is 7.44. The fraction of sp³-hybridized carbons (Fsp3) is 0.579. The summed E-state index contributed by atoms with van der Waals surface area (Å²) in [6.07, 6.45) is 1.66. The number of esters is 1. The Hall–Kier alpha value is -2.19. The number of carbonyl (C=O) groups is 2. The summed E-state index contributed by atoms with van der Waals surface area (Å²) in [7, 11) is 0. The number of nitro benzene ring substituents is 1. The lowest BCUT2D eigenvalue weighted by Gasteiger charge is -2.20. The van der Waals surface area contributed by atoms with Crippen molar-refractivity contribution < 1.29 is 19.2 Å². The number of ether oxygens (including phenoxy) is 1. The summed E-state index contributed by atoms with van der Waals surface area (Å²) in [6, 6.07) is 5.34. The molecule has 1 heterocycles. The van der Waals surface area contributed by atoms with E-state index in [1.165, 1.54) is 6.07 Å². The molecule has 2 atom stereocenters. The first kappa shape index (κ1) is 23.8. The molecule has 0 saturated carbocycles. The van der Waals surface area contributed by atoms with Gasteiger partial charge in [-0.05, 0) is 45.7 Å². The zero-order valence-corrected chi connectivity index (χ0v) is 17.0. The van der Waals surface area contributed by atoms with Crippen molar-refractivity contribution in [2.24, 2.45) is 5.92 Å². The monoisotopic (exact) mass is 413 g/mol. The molecule has 8 nitrogen and oxygen atoms in total. The van der Waals surface area contributed by atoms with Gasteiger partial charge in [0, 0.05) is 12.5 Å². The van der Waals surface area contributed by atoms with Crippen LogP contribution in [0.25, 0.3) is 0 Å². The molecule has 9 heteroatoms. The lowest BCUT2D eigenvalue weighted by atomic mass is 9.99. The lowest BCUT2D eigenvalue weighted by Crippen LogP contribution is -2.31. The van der Waals surface area contributed by atoms with E-state index in [0.717, 1.165) is 25.9 Å². The average molecular weight is 414 g/mol. The van der Waals surface area contributed by atoms with E-state index in [9.17, 15) is 19.7 Å². The predicted octanol–water partition coefficient (Wildman–Crippen LogP) is 2.91. The van der Waals surface area contributed by atoms with Crippen LogP contribution in [0.15, 0.2) is 24.3 Å². The summed E-state index contributed by atoms with van der Waals surface area (Å²) >= 11 is 0. The van der Waals surface area contributed by atoms with Crippen LogP contribution in [0.1, 0.15) is 51.1 Å². The first-order valence-corrected chi connectivity index (χ1v) is 9.29. The highest BCUT2D eigenvalue weighted by molar-refractivity contribution is 5.85. The maximum absolute atomic E-state index is 12.4. The van der Waals surface area contributed by atoms with Gasteiger partial charge in [-0.1, -0.05) is 18.2 Å². The zero-order chi connectivity index (χ0) is 19.8. The molecule has 1 saturated heterocycles. The molecule has 156 valence electrons. The highest BCUT2D eigenvalue weighted by Gasteiger charge is 2.27. The van der Waals surface area contributed by atoms with Crippen molar-refractivity contribution in [3.63, 3.8) is 0 Å². The van der Waals surface area contributed by atoms with Gasteiger partial charge in [-0.15, -0.1) is 12.4 Å². The number of nitrogens with one attached hydrogen (secondary N) is 2. The summed E-state index contributed by atoms with van der Waals surface area (Å²) in [5, 5.41) is 17.4. The Kier molecular flexibility index (Phi) is 9.89. The van der Waals surface area contributed by atoms with Gasteiger partial charge in [-0.25, -0.2) is 0 Å². The summed E-state index contributed by atoms with van der Waals surface area (Å²) in [6.45, 7) is 5.33. The van der Waals surface area contributed by atoms with Crippen molar-refractivity contribution in [2.75, 3.05) is 13.1 Å². The second kappa shape index (κ2) is 11.6. The van der Waals surface area contributed by atoms with Crippen LogP contribution in [0.4, 0.5) is 5.69 Å². The smallest absolute Gasteiger partial charge is 0.308 e. The van der Waals surface area contributed by atoms with E-state index < -0.39 is 16.9 Å². The van der Waals surface area contributed by atoms with E-state index in [2.05, 4.69) is 10.6 Å². The number of nitrogens with zero attached hydrogens (tertiary/aromatic N) is 1. The minimum absolute atomic E-state index is 0. The van der Waals surface area contributed by atoms with Crippen molar-refractivity contribution in [2.45, 2.75) is 51.7 Å². The van der Waals surface area contributed by atoms with Crippen LogP contribution in [0.2, 0.25) is 0 Å². The van der Waals surface area contributed by atoms with Crippen molar-refractivity contribution in [1.29, 1.82) is 0 Å². The molecule has 1 fully saturated rings. The Labute approximate surface area is 171 Å². The van der Waals surface area contributed by atoms with Crippen molar-refractivity contribution in [3.05, 3.63) is 39.9 Å². The van der Waals surface area contributed by atoms with Crippen LogP contribution in [-0.4, -0.2) is 36.0 Å². The molecule has 28 heavy (non-hydrogen) atoms. The molecule has 0 aliphatic carbocycles. The molecule has 0 spiro atoms. The average Bonchev–Trinajstić information content (AvgIpc) is 3.12. The van der Waals surface area contributed by atoms with E-state index in [4.69, 9.17) is 4.74 Å². The fourth-order valence-electron chi connectivity index (χ4n) is 3.23. The first-order chi connectivity index (χ1) is 12.9. The second-order valence-electron chi connectivity index (χ2n) is 7.08. The number of benzene rings is 1. The molecule has 1 amide bonds. The van der Waals surface area contributed by atoms with Gasteiger partial charge >= 0.3 is 5.97 Å². The summed E-state index contributed by atoms with van der Waals surface area (Å²) in [5.41, 5.74) is 0.180. The van der Waals surface area contributed by atoms with Gasteiger partial charge in [0.15, 0.2) is 0 Å². The molecule has 0 aromatic heterocycles. The van der Waals surface area contributed by atoms with Gasteiger partial charge in [-0.3, -0.25) is 19.7 Å². The Balaban J connectivity index is 0.00000392. The van der Waals surface area contributed by atoms with Crippen LogP contribution in [-0.2, 0) is 14.3 Å². The van der Waals surface area contributed by atoms with Gasteiger partial charge in [0.2, 0.25) is 5.91 Å². The van der Waals surface area contributed by atoms with Gasteiger partial charge in [0.1, 0.15) is 0 Å². The van der Waals surface area contributed by atoms with Gasteiger partial charge < -0.3 is 15.4 Å². The molecule has 1 aromatic carbocycles. The van der Waals surface area contributed by atoms with Crippen molar-refractivity contribution >= 4 is 30.0 Å². The minimum atomic E-state index is -0.799. The maximum Gasteiger partial charge on any atom is 0.308 e. The molecule has 2 N–H and O–H groups in total. The van der Waals surface area contributed by atoms with Crippen LogP contribution in [0, 0.1) is 16.0 Å². The molecule has 2 rings (SSSR count). The zero-order valence-electron chi connectivity index (χ0n) is 16.2. The van der Waals surface area contributed by atoms with E-state index in [0.29, 0.717) is 17.9 Å². The maximum atomic E-state index is 12.4. The molecule has 0 radical (unpaired) electrons. The molecule has 1 aromatic rings. The van der Waals surface area contributed by atoms with E-state index in [1.54, 1.807) is 32.0 Å². The number of rotatable bonds is 9. The lowest BCUT2D eigenvalue weighted by molar-refractivity contribution is -0.385. The Morgan fingerprint density at radius 1 is 1.36 bits per heavy atom. The van der Waals surface area contributed by atoms with Crippen LogP contribution in [0.3, 0.4) is 0 Å². The highest BCUT2D eigenvalue weighted by Crippen LogP contribution is 2.28. The molecule has 2 unspecified atom stereocenters. The number of hydrogen-bond donors (Lipinski definition) is 2. The number of para-hydroxylation sites is 1. The fourth-order valence-corrected chi connectivity index (χ4v) is 3.23. The van der Waals surface area contributed by atoms with Crippen LogP contribution >= 0.6 is 12.4 Å². The molecule has 1 aliphatic rings. The standard InChI is InChI=1S/C19H27N3O5.ClH/c1-13(2)27-19(24)11-16(15-5-3-4-6-17(15)22(25)26)21-18(23)8-7-14-9-10-20-12-14;/h3-6,13-14,16,20H,7-12H2,1-2H3,(H,21,23);1H. The third-order valence-electron chi connectivity index (χ3n) is 4.52. The Morgan fingerprint density at radius 2 is 2.07 bits per heavy atom. The highest BCUT2D eigenvalue weighted by atomic mass is 35.5. The second-order valence-corrected chi connectivity index (χ2v) is 7.08. The summed E-state index contributed by atoms with van der Waals surface area (Å²) < 4.78 is 5.16. The molecular weight excluding hydrogens is 386 g/mol. The normalized spacial score (nSPS) is 16.9. The molecular formula is C19H28ClN3O5. The number of amides is 1. The number of halogens is 1. The number of hydrogen-bond acceptors (Lipinski definition) is 6. The first-order valence-electron chi connectivity index (χ1n) is 9.29. The largest absolute Gasteiger partial charge is 0.463 e. The summed E-state index contributed by atoms with van der Waals surface area (Å²) in [5.74, 6) is -0.262. The van der Waals surface area contributed by atoms with Gasteiger partial charge in [0.05, 0.1) is 29.1 Å². The van der Waals surface area contributed by atoms with Crippen molar-refractivity contribution in [1.82, 2.24) is 10.6 Å². The quantitative estimate of drug-likeness (QED) is 0.366. The molecule has 0 bridgehead atoms. The topological polar surface area (TPSA) is 111 Å². The molecule has 1 aliphatic heterocycles. The van der Waals surface area contributed by atoms with Crippen LogP contribution < -0.4 is 10.6 Å². The number of carbonyl (C=O) groups excluding carboxylic acids is 2. The van der Waals surface area contributed by atoms with Crippen LogP contribution in [0.5, 0.6) is 0 Å². The van der Waals surface area contributed by atoms with Gasteiger partial charge in [-0.2, -0.15) is 0 Å². The summed E-state index contributed by atoms with van der Waals surface area (Å²) in [4.78, 5) is 35.4. The van der Waals surface area contributed by atoms with E-state index >= 15 is 0 Å². The van der Waals surface area contributed by atoms with Crippen molar-refractivity contribution in [3.8, 4) is 0 Å². The van der Waals surface area contributed by atoms with E-state index in [1.807, 2.05) is 0 Å². The number of nitro groups is 1. The Bertz CT molecular complexity index is 677. The third-order valence-corrected chi connectivity index (χ3v) is 4.52. The predicted molar refractivity (Wildman–Crippen MR) is 107 cm³/mol. The minimum Gasteiger partial charge on any atom is -0.463 e. The SMILES string of the molecule is CC(C)OC(=O)CC(NC(=O)CCC1CCNC1)c1ccccc1[N+](=O)[O-].Cl. The van der Waals surface area contributed by atoms with E-state index in [-0.39, 0.29) is 36.5 Å². The van der Waals surface area contributed by atoms with Gasteiger partial charge in [0.25, 0.3) is 5.69 Å². The Morgan fingerprint density at radius 3 is 2.68 bits per heavy atom.